The summed E-state index contributed by atoms with van der Waals surface area (Å²) >= 11 is 7.26. The van der Waals surface area contributed by atoms with Gasteiger partial charge in [0.05, 0.1) is 17.8 Å². The van der Waals surface area contributed by atoms with E-state index in [2.05, 4.69) is 15.8 Å². The van der Waals surface area contributed by atoms with Gasteiger partial charge in [-0.15, -0.1) is 11.3 Å². The number of nitrogens with zero attached hydrogens (tertiary/aromatic N) is 2. The van der Waals surface area contributed by atoms with Gasteiger partial charge in [0.2, 0.25) is 11.8 Å². The summed E-state index contributed by atoms with van der Waals surface area (Å²) in [6.45, 7) is 0.703. The standard InChI is InChI=1S/C15H15ClN4O2S/c16-10-3-1-4-11(7-10)18-19-13(21)8-12-9-23-15(17-12)20-6-2-5-14(20)22/h1,3-4,7,9,18H,2,5-6,8H2,(H,19,21). The Morgan fingerprint density at radius 3 is 3.04 bits per heavy atom. The second-order valence-corrected chi connectivity index (χ2v) is 6.40. The molecule has 1 aliphatic heterocycles. The van der Waals surface area contributed by atoms with Gasteiger partial charge in [0, 0.05) is 23.4 Å². The summed E-state index contributed by atoms with van der Waals surface area (Å²) < 4.78 is 0. The zero-order valence-electron chi connectivity index (χ0n) is 12.2. The van der Waals surface area contributed by atoms with Gasteiger partial charge >= 0.3 is 0 Å². The van der Waals surface area contributed by atoms with Gasteiger partial charge in [-0.3, -0.25) is 25.3 Å². The SMILES string of the molecule is O=C(Cc1csc(N2CCCC2=O)n1)NNc1cccc(Cl)c1. The molecular formula is C15H15ClN4O2S. The van der Waals surface area contributed by atoms with E-state index in [1.165, 1.54) is 11.3 Å². The van der Waals surface area contributed by atoms with Crippen LogP contribution in [0.3, 0.4) is 0 Å². The summed E-state index contributed by atoms with van der Waals surface area (Å²) in [5, 5.41) is 3.06. The van der Waals surface area contributed by atoms with Crippen LogP contribution in [0.1, 0.15) is 18.5 Å². The van der Waals surface area contributed by atoms with Crippen LogP contribution in [0.2, 0.25) is 5.02 Å². The number of benzene rings is 1. The molecule has 1 aromatic carbocycles. The first-order valence-corrected chi connectivity index (χ1v) is 8.43. The number of halogens is 1. The number of anilines is 2. The van der Waals surface area contributed by atoms with Crippen LogP contribution >= 0.6 is 22.9 Å². The van der Waals surface area contributed by atoms with Crippen molar-refractivity contribution in [2.75, 3.05) is 16.9 Å². The number of hydrazine groups is 1. The average Bonchev–Trinajstić information content (AvgIpc) is 3.14. The lowest BCUT2D eigenvalue weighted by molar-refractivity contribution is -0.120. The maximum atomic E-state index is 11.9. The van der Waals surface area contributed by atoms with Crippen molar-refractivity contribution in [1.82, 2.24) is 10.4 Å². The fourth-order valence-electron chi connectivity index (χ4n) is 2.27. The summed E-state index contributed by atoms with van der Waals surface area (Å²) in [6, 6.07) is 7.05. The number of thiazole rings is 1. The minimum atomic E-state index is -0.213. The van der Waals surface area contributed by atoms with Gasteiger partial charge in [0.25, 0.3) is 0 Å². The van der Waals surface area contributed by atoms with Gasteiger partial charge in [-0.1, -0.05) is 17.7 Å². The summed E-state index contributed by atoms with van der Waals surface area (Å²) in [5.74, 6) is -0.118. The van der Waals surface area contributed by atoms with E-state index >= 15 is 0 Å². The van der Waals surface area contributed by atoms with Crippen molar-refractivity contribution < 1.29 is 9.59 Å². The molecular weight excluding hydrogens is 336 g/mol. The van der Waals surface area contributed by atoms with E-state index in [0.29, 0.717) is 34.5 Å². The number of nitrogens with one attached hydrogen (secondary N) is 2. The lowest BCUT2D eigenvalue weighted by Crippen LogP contribution is -2.30. The summed E-state index contributed by atoms with van der Waals surface area (Å²) in [5.41, 5.74) is 6.75. The molecule has 0 radical (unpaired) electrons. The fourth-order valence-corrected chi connectivity index (χ4v) is 3.33. The van der Waals surface area contributed by atoms with E-state index in [4.69, 9.17) is 11.6 Å². The molecule has 1 fully saturated rings. The maximum Gasteiger partial charge on any atom is 0.244 e. The Labute approximate surface area is 142 Å². The van der Waals surface area contributed by atoms with E-state index in [-0.39, 0.29) is 18.2 Å². The summed E-state index contributed by atoms with van der Waals surface area (Å²) in [6.07, 6.45) is 1.57. The first-order valence-electron chi connectivity index (χ1n) is 7.17. The monoisotopic (exact) mass is 350 g/mol. The Bertz CT molecular complexity index is 734. The van der Waals surface area contributed by atoms with Gasteiger partial charge in [0.15, 0.2) is 5.13 Å². The highest BCUT2D eigenvalue weighted by molar-refractivity contribution is 7.14. The van der Waals surface area contributed by atoms with Crippen LogP contribution in [0, 0.1) is 0 Å². The van der Waals surface area contributed by atoms with Crippen LogP contribution in [-0.2, 0) is 16.0 Å². The van der Waals surface area contributed by atoms with Crippen molar-refractivity contribution in [2.45, 2.75) is 19.3 Å². The minimum absolute atomic E-state index is 0.0953. The van der Waals surface area contributed by atoms with Gasteiger partial charge in [0.1, 0.15) is 0 Å². The minimum Gasteiger partial charge on any atom is -0.299 e. The molecule has 2 amide bonds. The third-order valence-corrected chi connectivity index (χ3v) is 4.50. The highest BCUT2D eigenvalue weighted by Crippen LogP contribution is 2.25. The Morgan fingerprint density at radius 2 is 2.30 bits per heavy atom. The first kappa shape index (κ1) is 15.8. The van der Waals surface area contributed by atoms with Gasteiger partial charge in [-0.2, -0.15) is 0 Å². The molecule has 0 saturated carbocycles. The molecule has 6 nitrogen and oxygen atoms in total. The molecule has 0 atom stereocenters. The number of aromatic nitrogens is 1. The number of carbonyl (C=O) groups is 2. The Kier molecular flexibility index (Phi) is 4.78. The number of hydrogen-bond acceptors (Lipinski definition) is 5. The first-order chi connectivity index (χ1) is 11.1. The van der Waals surface area contributed by atoms with Crippen molar-refractivity contribution in [3.63, 3.8) is 0 Å². The predicted molar refractivity (Wildman–Crippen MR) is 90.6 cm³/mol. The van der Waals surface area contributed by atoms with Crippen molar-refractivity contribution in [3.8, 4) is 0 Å². The maximum absolute atomic E-state index is 11.9. The van der Waals surface area contributed by atoms with Crippen LogP contribution < -0.4 is 15.8 Å². The van der Waals surface area contributed by atoms with E-state index in [0.717, 1.165) is 6.42 Å². The van der Waals surface area contributed by atoms with Crippen molar-refractivity contribution >= 4 is 45.6 Å². The molecule has 0 bridgehead atoms. The normalized spacial score (nSPS) is 14.1. The van der Waals surface area contributed by atoms with E-state index in [1.54, 1.807) is 34.5 Å². The van der Waals surface area contributed by atoms with E-state index < -0.39 is 0 Å². The van der Waals surface area contributed by atoms with Gasteiger partial charge < -0.3 is 0 Å². The molecule has 1 saturated heterocycles. The highest BCUT2D eigenvalue weighted by atomic mass is 35.5. The molecule has 1 aliphatic rings. The molecule has 120 valence electrons. The molecule has 2 N–H and O–H groups in total. The third kappa shape index (κ3) is 4.00. The van der Waals surface area contributed by atoms with Gasteiger partial charge in [-0.05, 0) is 24.6 Å². The molecule has 2 heterocycles. The fraction of sp³-hybridized carbons (Fsp3) is 0.267. The molecule has 0 unspecified atom stereocenters. The van der Waals surface area contributed by atoms with Crippen LogP contribution in [0.25, 0.3) is 0 Å². The van der Waals surface area contributed by atoms with E-state index in [9.17, 15) is 9.59 Å². The third-order valence-electron chi connectivity index (χ3n) is 3.36. The lowest BCUT2D eigenvalue weighted by atomic mass is 10.3. The second-order valence-electron chi connectivity index (χ2n) is 5.13. The highest BCUT2D eigenvalue weighted by Gasteiger charge is 2.24. The molecule has 23 heavy (non-hydrogen) atoms. The molecule has 0 spiro atoms. The molecule has 0 aliphatic carbocycles. The predicted octanol–water partition coefficient (Wildman–Crippen LogP) is 2.61. The summed E-state index contributed by atoms with van der Waals surface area (Å²) in [4.78, 5) is 29.7. The Morgan fingerprint density at radius 1 is 1.43 bits per heavy atom. The zero-order valence-corrected chi connectivity index (χ0v) is 13.8. The average molecular weight is 351 g/mol. The topological polar surface area (TPSA) is 74.3 Å². The van der Waals surface area contributed by atoms with Crippen molar-refractivity contribution in [3.05, 3.63) is 40.4 Å². The van der Waals surface area contributed by atoms with E-state index in [1.807, 2.05) is 0 Å². The van der Waals surface area contributed by atoms with Crippen LogP contribution in [0.4, 0.5) is 10.8 Å². The van der Waals surface area contributed by atoms with Crippen LogP contribution in [0.5, 0.6) is 0 Å². The smallest absolute Gasteiger partial charge is 0.244 e. The van der Waals surface area contributed by atoms with Gasteiger partial charge in [-0.25, -0.2) is 4.98 Å². The quantitative estimate of drug-likeness (QED) is 0.813. The number of carbonyl (C=O) groups excluding carboxylic acids is 2. The van der Waals surface area contributed by atoms with Crippen LogP contribution in [0.15, 0.2) is 29.6 Å². The molecule has 3 rings (SSSR count). The molecule has 8 heteroatoms. The largest absolute Gasteiger partial charge is 0.299 e. The lowest BCUT2D eigenvalue weighted by Gasteiger charge is -2.10. The molecule has 1 aromatic heterocycles. The van der Waals surface area contributed by atoms with Crippen LogP contribution in [-0.4, -0.2) is 23.3 Å². The second kappa shape index (κ2) is 6.97. The number of rotatable bonds is 5. The Hall–Kier alpha value is -2.12. The zero-order chi connectivity index (χ0) is 16.2. The number of amides is 2. The molecule has 2 aromatic rings. The summed E-state index contributed by atoms with van der Waals surface area (Å²) in [7, 11) is 0. The van der Waals surface area contributed by atoms with Crippen molar-refractivity contribution in [2.24, 2.45) is 0 Å². The number of hydrogen-bond donors (Lipinski definition) is 2. The Balaban J connectivity index is 1.54. The van der Waals surface area contributed by atoms with Crippen molar-refractivity contribution in [1.29, 1.82) is 0 Å².